The first-order chi connectivity index (χ1) is 8.32. The van der Waals surface area contributed by atoms with Crippen LogP contribution in [0.3, 0.4) is 0 Å². The highest BCUT2D eigenvalue weighted by atomic mass is 35.5. The fraction of sp³-hybridized carbons (Fsp3) is 0.571. The van der Waals surface area contributed by atoms with E-state index in [0.717, 1.165) is 12.3 Å². The van der Waals surface area contributed by atoms with E-state index in [1.165, 1.54) is 5.57 Å². The molecule has 0 aromatic rings. The van der Waals surface area contributed by atoms with Gasteiger partial charge in [-0.1, -0.05) is 35.4 Å². The van der Waals surface area contributed by atoms with Crippen molar-refractivity contribution in [1.82, 2.24) is 4.90 Å². The Morgan fingerprint density at radius 1 is 1.39 bits per heavy atom. The van der Waals surface area contributed by atoms with E-state index in [0.29, 0.717) is 6.42 Å². The fourth-order valence-corrected chi connectivity index (χ4v) is 2.57. The molecule has 0 radical (unpaired) electrons. The third kappa shape index (κ3) is 2.66. The summed E-state index contributed by atoms with van der Waals surface area (Å²) in [5, 5.41) is 0. The summed E-state index contributed by atoms with van der Waals surface area (Å²) < 4.78 is 0. The van der Waals surface area contributed by atoms with Gasteiger partial charge in [0.25, 0.3) is 0 Å². The van der Waals surface area contributed by atoms with E-state index in [1.54, 1.807) is 6.34 Å². The molecule has 0 N–H and O–H groups in total. The van der Waals surface area contributed by atoms with Crippen molar-refractivity contribution in [3.63, 3.8) is 0 Å². The van der Waals surface area contributed by atoms with E-state index in [1.807, 2.05) is 6.92 Å². The molecule has 2 aliphatic rings. The number of halogens is 1. The van der Waals surface area contributed by atoms with Gasteiger partial charge >= 0.3 is 0 Å². The topological polar surface area (TPSA) is 28.0 Å². The maximum absolute atomic E-state index is 6.29. The molecule has 0 amide bonds. The Bertz CT molecular complexity index is 460. The van der Waals surface area contributed by atoms with Gasteiger partial charge in [-0.2, -0.15) is 0 Å². The van der Waals surface area contributed by atoms with E-state index in [4.69, 9.17) is 11.6 Å². The lowest BCUT2D eigenvalue weighted by molar-refractivity contribution is 0.285. The number of rotatable bonds is 1. The minimum Gasteiger partial charge on any atom is -0.354 e. The van der Waals surface area contributed by atoms with Crippen LogP contribution in [0.4, 0.5) is 0 Å². The molecule has 4 heteroatoms. The molecular weight excluding hydrogens is 246 g/mol. The Morgan fingerprint density at radius 2 is 2.11 bits per heavy atom. The average Bonchev–Trinajstić information content (AvgIpc) is 2.26. The Hall–Kier alpha value is -1.09. The van der Waals surface area contributed by atoms with Crippen LogP contribution in [0, 0.1) is 0 Å². The predicted molar refractivity (Wildman–Crippen MR) is 78.5 cm³/mol. The van der Waals surface area contributed by atoms with Crippen LogP contribution in [-0.2, 0) is 0 Å². The lowest BCUT2D eigenvalue weighted by Crippen LogP contribution is -2.48. The second-order valence-electron chi connectivity index (χ2n) is 5.52. The zero-order valence-corrected chi connectivity index (χ0v) is 12.2. The third-order valence-corrected chi connectivity index (χ3v) is 3.85. The van der Waals surface area contributed by atoms with Crippen LogP contribution in [0.5, 0.6) is 0 Å². The SMILES string of the molecule is CC1=CC(C)(N(C)C2=NC=NC(C)(Cl)C2)CC=C1. The van der Waals surface area contributed by atoms with Crippen LogP contribution < -0.4 is 0 Å². The number of nitrogens with zero attached hydrogens (tertiary/aromatic N) is 3. The summed E-state index contributed by atoms with van der Waals surface area (Å²) >= 11 is 6.29. The Balaban J connectivity index is 2.22. The van der Waals surface area contributed by atoms with Crippen LogP contribution in [0.15, 0.2) is 33.8 Å². The van der Waals surface area contributed by atoms with E-state index < -0.39 is 5.00 Å². The lowest BCUT2D eigenvalue weighted by atomic mass is 9.88. The summed E-state index contributed by atoms with van der Waals surface area (Å²) in [5.41, 5.74) is 1.25. The highest BCUT2D eigenvalue weighted by Gasteiger charge is 2.34. The summed E-state index contributed by atoms with van der Waals surface area (Å²) in [7, 11) is 2.08. The van der Waals surface area contributed by atoms with Crippen molar-refractivity contribution in [3.05, 3.63) is 23.8 Å². The molecule has 0 aromatic heterocycles. The van der Waals surface area contributed by atoms with Gasteiger partial charge < -0.3 is 4.90 Å². The Kier molecular flexibility index (Phi) is 3.37. The van der Waals surface area contributed by atoms with Gasteiger partial charge in [0.05, 0.1) is 5.54 Å². The minimum absolute atomic E-state index is 0.0319. The molecule has 1 heterocycles. The van der Waals surface area contributed by atoms with Crippen molar-refractivity contribution in [2.75, 3.05) is 7.05 Å². The Labute approximate surface area is 114 Å². The van der Waals surface area contributed by atoms with Crippen molar-refractivity contribution in [2.45, 2.75) is 44.1 Å². The molecule has 2 rings (SSSR count). The number of hydrogen-bond donors (Lipinski definition) is 0. The molecule has 2 atom stereocenters. The number of amidine groups is 1. The summed E-state index contributed by atoms with van der Waals surface area (Å²) in [6.45, 7) is 6.26. The van der Waals surface area contributed by atoms with Gasteiger partial charge in [0.1, 0.15) is 17.2 Å². The molecule has 1 aliphatic heterocycles. The normalized spacial score (nSPS) is 35.2. The largest absolute Gasteiger partial charge is 0.354 e. The van der Waals surface area contributed by atoms with Crippen molar-refractivity contribution in [3.8, 4) is 0 Å². The molecule has 98 valence electrons. The van der Waals surface area contributed by atoms with Crippen molar-refractivity contribution in [2.24, 2.45) is 9.98 Å². The van der Waals surface area contributed by atoms with Gasteiger partial charge in [0, 0.05) is 13.5 Å². The molecule has 3 nitrogen and oxygen atoms in total. The first-order valence-electron chi connectivity index (χ1n) is 6.22. The number of likely N-dealkylation sites (N-methyl/N-ethyl adjacent to an activating group) is 1. The Morgan fingerprint density at radius 3 is 2.72 bits per heavy atom. The molecule has 0 aromatic carbocycles. The van der Waals surface area contributed by atoms with Gasteiger partial charge in [0.15, 0.2) is 0 Å². The standard InChI is InChI=1S/C14H20ClN3/c1-11-6-5-7-13(2,8-11)18(4)12-9-14(3,15)17-10-16-12/h5-6,8,10H,7,9H2,1-4H3. The maximum Gasteiger partial charge on any atom is 0.140 e. The fourth-order valence-electron chi connectivity index (χ4n) is 2.41. The zero-order valence-electron chi connectivity index (χ0n) is 11.4. The van der Waals surface area contributed by atoms with Crippen molar-refractivity contribution < 1.29 is 0 Å². The molecule has 0 fully saturated rings. The second-order valence-corrected chi connectivity index (χ2v) is 6.33. The number of aliphatic imine (C=N–C) groups is 2. The van der Waals surface area contributed by atoms with Crippen molar-refractivity contribution in [1.29, 1.82) is 0 Å². The molecule has 1 aliphatic carbocycles. The van der Waals surface area contributed by atoms with E-state index in [2.05, 4.69) is 54.0 Å². The summed E-state index contributed by atoms with van der Waals surface area (Å²) in [5.74, 6) is 0.990. The molecule has 0 spiro atoms. The third-order valence-electron chi connectivity index (χ3n) is 3.62. The van der Waals surface area contributed by atoms with Crippen LogP contribution in [0.1, 0.15) is 33.6 Å². The molecule has 0 saturated heterocycles. The van der Waals surface area contributed by atoms with Gasteiger partial charge in [-0.15, -0.1) is 0 Å². The zero-order chi connectivity index (χ0) is 13.4. The molecule has 0 bridgehead atoms. The predicted octanol–water partition coefficient (Wildman–Crippen LogP) is 3.37. The molecule has 18 heavy (non-hydrogen) atoms. The minimum atomic E-state index is -0.565. The lowest BCUT2D eigenvalue weighted by Gasteiger charge is -2.41. The monoisotopic (exact) mass is 265 g/mol. The van der Waals surface area contributed by atoms with Gasteiger partial charge in [-0.05, 0) is 27.2 Å². The van der Waals surface area contributed by atoms with Crippen molar-refractivity contribution >= 4 is 23.8 Å². The van der Waals surface area contributed by atoms with E-state index in [-0.39, 0.29) is 5.54 Å². The van der Waals surface area contributed by atoms with E-state index in [9.17, 15) is 0 Å². The first-order valence-corrected chi connectivity index (χ1v) is 6.59. The highest BCUT2D eigenvalue weighted by molar-refractivity contribution is 6.25. The summed E-state index contributed by atoms with van der Waals surface area (Å²) in [6, 6.07) is 0. The molecular formula is C14H20ClN3. The average molecular weight is 266 g/mol. The summed E-state index contributed by atoms with van der Waals surface area (Å²) in [6.07, 6.45) is 9.87. The van der Waals surface area contributed by atoms with Gasteiger partial charge in [0.2, 0.25) is 0 Å². The van der Waals surface area contributed by atoms with Gasteiger partial charge in [-0.3, -0.25) is 4.99 Å². The summed E-state index contributed by atoms with van der Waals surface area (Å²) in [4.78, 5) is 10.2. The van der Waals surface area contributed by atoms with E-state index >= 15 is 0 Å². The number of hydrogen-bond acceptors (Lipinski definition) is 3. The number of alkyl halides is 1. The number of allylic oxidation sites excluding steroid dienone is 2. The smallest absolute Gasteiger partial charge is 0.140 e. The quantitative estimate of drug-likeness (QED) is 0.528. The molecule has 2 unspecified atom stereocenters. The van der Waals surface area contributed by atoms with Gasteiger partial charge in [-0.25, -0.2) is 4.99 Å². The second kappa shape index (κ2) is 4.54. The highest BCUT2D eigenvalue weighted by Crippen LogP contribution is 2.31. The van der Waals surface area contributed by atoms with Crippen LogP contribution >= 0.6 is 11.6 Å². The van der Waals surface area contributed by atoms with Crippen LogP contribution in [-0.4, -0.2) is 34.7 Å². The van der Waals surface area contributed by atoms with Crippen LogP contribution in [0.2, 0.25) is 0 Å². The molecule has 0 saturated carbocycles. The first kappa shape index (κ1) is 13.3. The maximum atomic E-state index is 6.29. The van der Waals surface area contributed by atoms with Crippen LogP contribution in [0.25, 0.3) is 0 Å².